The molecule has 1 aromatic heterocycles. The zero-order chi connectivity index (χ0) is 23.3. The predicted octanol–water partition coefficient (Wildman–Crippen LogP) is 3.27. The molecule has 0 aliphatic heterocycles. The fourth-order valence-electron chi connectivity index (χ4n) is 2.67. The van der Waals surface area contributed by atoms with E-state index in [-0.39, 0.29) is 28.2 Å². The number of ketones is 1. The summed E-state index contributed by atoms with van der Waals surface area (Å²) in [5.74, 6) is -0.516. The van der Waals surface area contributed by atoms with Crippen LogP contribution in [0.2, 0.25) is 0 Å². The zero-order valence-electron chi connectivity index (χ0n) is 17.9. The molecule has 2 aromatic rings. The molecule has 1 amide bonds. The van der Waals surface area contributed by atoms with Crippen molar-refractivity contribution in [1.82, 2.24) is 9.71 Å². The van der Waals surface area contributed by atoms with Gasteiger partial charge in [0.05, 0.1) is 15.7 Å². The standard InChI is InChI=1S/C21H24N4O4S2/c1-12(2)25-31(28,29)18-8-6-17(7-9-18)24-20(27)15(5)30-21-16(11-22)10-19(14(4)26)13(3)23-21/h6-10,12,15,25H,1-5H3,(H,24,27)/t15-/m1/s1. The molecule has 0 radical (unpaired) electrons. The van der Waals surface area contributed by atoms with Crippen LogP contribution >= 0.6 is 11.8 Å². The smallest absolute Gasteiger partial charge is 0.240 e. The van der Waals surface area contributed by atoms with E-state index in [9.17, 15) is 23.3 Å². The van der Waals surface area contributed by atoms with Crippen molar-refractivity contribution in [2.45, 2.75) is 55.8 Å². The normalized spacial score (nSPS) is 12.3. The first kappa shape index (κ1) is 24.5. The number of carbonyl (C=O) groups is 2. The Morgan fingerprint density at radius 1 is 1.16 bits per heavy atom. The SMILES string of the molecule is CC(=O)c1cc(C#N)c(S[C@H](C)C(=O)Nc2ccc(S(=O)(=O)NC(C)C)cc2)nc1C. The average molecular weight is 461 g/mol. The fourth-order valence-corrected chi connectivity index (χ4v) is 4.84. The number of anilines is 1. The predicted molar refractivity (Wildman–Crippen MR) is 120 cm³/mol. The highest BCUT2D eigenvalue weighted by molar-refractivity contribution is 8.00. The number of hydrogen-bond donors (Lipinski definition) is 2. The van der Waals surface area contributed by atoms with Gasteiger partial charge in [-0.05, 0) is 65.0 Å². The molecular weight excluding hydrogens is 436 g/mol. The molecule has 0 saturated heterocycles. The molecule has 1 atom stereocenters. The Morgan fingerprint density at radius 2 is 1.77 bits per heavy atom. The summed E-state index contributed by atoms with van der Waals surface area (Å²) in [5, 5.41) is 11.9. The highest BCUT2D eigenvalue weighted by atomic mass is 32.2. The summed E-state index contributed by atoms with van der Waals surface area (Å²) in [7, 11) is -3.61. The number of carbonyl (C=O) groups excluding carboxylic acids is 2. The van der Waals surface area contributed by atoms with Crippen LogP contribution in [-0.2, 0) is 14.8 Å². The van der Waals surface area contributed by atoms with Crippen LogP contribution in [0.4, 0.5) is 5.69 Å². The molecule has 8 nitrogen and oxygen atoms in total. The molecule has 1 aromatic carbocycles. The Bertz CT molecular complexity index is 1140. The van der Waals surface area contributed by atoms with E-state index in [0.717, 1.165) is 11.8 Å². The number of benzene rings is 1. The molecule has 164 valence electrons. The van der Waals surface area contributed by atoms with Gasteiger partial charge in [0, 0.05) is 23.0 Å². The molecule has 0 spiro atoms. The number of nitrogens with one attached hydrogen (secondary N) is 2. The Morgan fingerprint density at radius 3 is 2.29 bits per heavy atom. The molecule has 0 unspecified atom stereocenters. The van der Waals surface area contributed by atoms with Gasteiger partial charge >= 0.3 is 0 Å². The van der Waals surface area contributed by atoms with Crippen LogP contribution in [0.15, 0.2) is 40.3 Å². The summed E-state index contributed by atoms with van der Waals surface area (Å²) in [4.78, 5) is 28.7. The summed E-state index contributed by atoms with van der Waals surface area (Å²) >= 11 is 1.11. The van der Waals surface area contributed by atoms with Crippen molar-refractivity contribution in [1.29, 1.82) is 5.26 Å². The van der Waals surface area contributed by atoms with Crippen molar-refractivity contribution >= 4 is 39.2 Å². The van der Waals surface area contributed by atoms with Crippen LogP contribution < -0.4 is 10.0 Å². The number of thioether (sulfide) groups is 1. The van der Waals surface area contributed by atoms with Gasteiger partial charge in [0.1, 0.15) is 11.1 Å². The van der Waals surface area contributed by atoms with E-state index in [1.807, 2.05) is 6.07 Å². The Kier molecular flexibility index (Phi) is 7.95. The largest absolute Gasteiger partial charge is 0.325 e. The number of aromatic nitrogens is 1. The van der Waals surface area contributed by atoms with Gasteiger partial charge < -0.3 is 5.32 Å². The van der Waals surface area contributed by atoms with Crippen molar-refractivity contribution in [3.8, 4) is 6.07 Å². The monoisotopic (exact) mass is 460 g/mol. The minimum absolute atomic E-state index is 0.102. The van der Waals surface area contributed by atoms with Crippen LogP contribution in [-0.4, -0.2) is 36.4 Å². The number of aryl methyl sites for hydroxylation is 1. The third kappa shape index (κ3) is 6.37. The van der Waals surface area contributed by atoms with Crippen LogP contribution in [0.1, 0.15) is 49.3 Å². The molecule has 0 fully saturated rings. The van der Waals surface area contributed by atoms with Gasteiger partial charge in [0.15, 0.2) is 5.78 Å². The summed E-state index contributed by atoms with van der Waals surface area (Å²) in [5.41, 5.74) is 1.54. The number of pyridine rings is 1. The van der Waals surface area contributed by atoms with Crippen molar-refractivity contribution in [3.63, 3.8) is 0 Å². The fraction of sp³-hybridized carbons (Fsp3) is 0.333. The highest BCUT2D eigenvalue weighted by Gasteiger charge is 2.20. The molecule has 0 aliphatic carbocycles. The van der Waals surface area contributed by atoms with Gasteiger partial charge in [-0.2, -0.15) is 5.26 Å². The van der Waals surface area contributed by atoms with E-state index in [1.54, 1.807) is 27.7 Å². The second-order valence-electron chi connectivity index (χ2n) is 7.19. The van der Waals surface area contributed by atoms with E-state index in [1.165, 1.54) is 37.3 Å². The summed E-state index contributed by atoms with van der Waals surface area (Å²) in [6.07, 6.45) is 0. The van der Waals surface area contributed by atoms with Gasteiger partial charge in [-0.15, -0.1) is 0 Å². The van der Waals surface area contributed by atoms with Gasteiger partial charge in [0.25, 0.3) is 0 Å². The number of rotatable bonds is 8. The van der Waals surface area contributed by atoms with E-state index in [4.69, 9.17) is 0 Å². The lowest BCUT2D eigenvalue weighted by Gasteiger charge is -2.14. The van der Waals surface area contributed by atoms with Crippen LogP contribution in [0.25, 0.3) is 0 Å². The summed E-state index contributed by atoms with van der Waals surface area (Å²) < 4.78 is 26.9. The topological polar surface area (TPSA) is 129 Å². The lowest BCUT2D eigenvalue weighted by atomic mass is 10.1. The maximum absolute atomic E-state index is 12.6. The van der Waals surface area contributed by atoms with E-state index in [0.29, 0.717) is 22.0 Å². The Hall–Kier alpha value is -2.74. The average Bonchev–Trinajstić information content (AvgIpc) is 2.67. The minimum atomic E-state index is -3.61. The van der Waals surface area contributed by atoms with E-state index >= 15 is 0 Å². The van der Waals surface area contributed by atoms with Gasteiger partial charge in [-0.3, -0.25) is 9.59 Å². The number of nitrogens with zero attached hydrogens (tertiary/aromatic N) is 2. The maximum Gasteiger partial charge on any atom is 0.240 e. The van der Waals surface area contributed by atoms with Crippen LogP contribution in [0.5, 0.6) is 0 Å². The molecule has 0 aliphatic rings. The van der Waals surface area contributed by atoms with Crippen molar-refractivity contribution in [2.24, 2.45) is 0 Å². The molecule has 10 heteroatoms. The molecule has 0 saturated carbocycles. The first-order valence-corrected chi connectivity index (χ1v) is 11.8. The zero-order valence-corrected chi connectivity index (χ0v) is 19.5. The summed E-state index contributed by atoms with van der Waals surface area (Å²) in [6, 6.07) is 9.12. The van der Waals surface area contributed by atoms with Crippen molar-refractivity contribution in [3.05, 3.63) is 47.2 Å². The Balaban J connectivity index is 2.12. The molecule has 31 heavy (non-hydrogen) atoms. The number of nitriles is 1. The minimum Gasteiger partial charge on any atom is -0.325 e. The van der Waals surface area contributed by atoms with E-state index < -0.39 is 15.3 Å². The quantitative estimate of drug-likeness (QED) is 0.457. The van der Waals surface area contributed by atoms with Gasteiger partial charge in [0.2, 0.25) is 15.9 Å². The van der Waals surface area contributed by atoms with Crippen LogP contribution in [0.3, 0.4) is 0 Å². The van der Waals surface area contributed by atoms with Gasteiger partial charge in [-0.25, -0.2) is 18.1 Å². The molecule has 2 rings (SSSR count). The first-order valence-electron chi connectivity index (χ1n) is 9.47. The lowest BCUT2D eigenvalue weighted by Crippen LogP contribution is -2.30. The van der Waals surface area contributed by atoms with Gasteiger partial charge in [-0.1, -0.05) is 11.8 Å². The van der Waals surface area contributed by atoms with E-state index in [2.05, 4.69) is 15.0 Å². The molecule has 0 bridgehead atoms. The first-order chi connectivity index (χ1) is 14.4. The second-order valence-corrected chi connectivity index (χ2v) is 10.2. The maximum atomic E-state index is 12.6. The molecule has 1 heterocycles. The molecule has 2 N–H and O–H groups in total. The Labute approximate surface area is 186 Å². The van der Waals surface area contributed by atoms with Crippen molar-refractivity contribution in [2.75, 3.05) is 5.32 Å². The number of sulfonamides is 1. The van der Waals surface area contributed by atoms with Crippen LogP contribution in [0, 0.1) is 18.3 Å². The summed E-state index contributed by atoms with van der Waals surface area (Å²) in [6.45, 7) is 8.21. The number of Topliss-reactive ketones (excluding diaryl/α,β-unsaturated/α-hetero) is 1. The third-order valence-corrected chi connectivity index (χ3v) is 6.94. The van der Waals surface area contributed by atoms with Crippen molar-refractivity contribution < 1.29 is 18.0 Å². The molecular formula is C21H24N4O4S2. The third-order valence-electron chi connectivity index (χ3n) is 4.16. The lowest BCUT2D eigenvalue weighted by molar-refractivity contribution is -0.115. The second kappa shape index (κ2) is 10.0. The highest BCUT2D eigenvalue weighted by Crippen LogP contribution is 2.27. The number of hydrogen-bond acceptors (Lipinski definition) is 7. The number of amides is 1.